The van der Waals surface area contributed by atoms with Crippen LogP contribution in [0.25, 0.3) is 11.0 Å². The summed E-state index contributed by atoms with van der Waals surface area (Å²) < 4.78 is 1.96. The van der Waals surface area contributed by atoms with Gasteiger partial charge in [0.25, 0.3) is 0 Å². The fraction of sp³-hybridized carbons (Fsp3) is 0.421. The van der Waals surface area contributed by atoms with Crippen LogP contribution in [-0.4, -0.2) is 25.7 Å². The number of H-pyrrole nitrogens is 1. The molecule has 1 aromatic carbocycles. The third-order valence-corrected chi connectivity index (χ3v) is 4.96. The van der Waals surface area contributed by atoms with Gasteiger partial charge in [-0.15, -0.1) is 0 Å². The van der Waals surface area contributed by atoms with Crippen LogP contribution in [0.2, 0.25) is 0 Å². The molecule has 0 spiro atoms. The predicted octanol–water partition coefficient (Wildman–Crippen LogP) is 3.53. The average molecular weight is 337 g/mol. The first-order valence-corrected chi connectivity index (χ1v) is 8.80. The van der Waals surface area contributed by atoms with E-state index in [4.69, 9.17) is 0 Å². The number of amides is 1. The van der Waals surface area contributed by atoms with Crippen LogP contribution in [0.15, 0.2) is 24.4 Å². The largest absolute Gasteiger partial charge is 0.342 e. The van der Waals surface area contributed by atoms with Crippen molar-refractivity contribution < 1.29 is 4.79 Å². The maximum atomic E-state index is 12.6. The van der Waals surface area contributed by atoms with E-state index in [1.165, 1.54) is 12.8 Å². The maximum absolute atomic E-state index is 12.6. The second-order valence-corrected chi connectivity index (χ2v) is 7.10. The van der Waals surface area contributed by atoms with Gasteiger partial charge >= 0.3 is 0 Å². The minimum atomic E-state index is -0.0246. The summed E-state index contributed by atoms with van der Waals surface area (Å²) in [4.78, 5) is 20.2. The Morgan fingerprint density at radius 3 is 2.96 bits per heavy atom. The molecule has 1 saturated carbocycles. The van der Waals surface area contributed by atoms with Crippen molar-refractivity contribution in [1.29, 1.82) is 0 Å². The molecule has 2 N–H and O–H groups in total. The molecule has 1 atom stereocenters. The number of carbonyl (C=O) groups is 1. The summed E-state index contributed by atoms with van der Waals surface area (Å²) in [6, 6.07) is 6.23. The lowest BCUT2D eigenvalue weighted by molar-refractivity contribution is -0.115. The highest BCUT2D eigenvalue weighted by molar-refractivity contribution is 5.92. The molecular weight excluding hydrogens is 314 g/mol. The number of hydrogen-bond acceptors (Lipinski definition) is 3. The number of anilines is 1. The minimum absolute atomic E-state index is 0.0246. The van der Waals surface area contributed by atoms with Crippen molar-refractivity contribution in [2.24, 2.45) is 5.92 Å². The van der Waals surface area contributed by atoms with Gasteiger partial charge in [0, 0.05) is 5.56 Å². The Kier molecular flexibility index (Phi) is 3.82. The molecule has 1 aliphatic rings. The number of aromatic nitrogens is 4. The van der Waals surface area contributed by atoms with Crippen molar-refractivity contribution in [3.05, 3.63) is 41.3 Å². The molecule has 2 heterocycles. The van der Waals surface area contributed by atoms with Gasteiger partial charge in [-0.05, 0) is 57.2 Å². The monoisotopic (exact) mass is 337 g/mol. The lowest BCUT2D eigenvalue weighted by atomic mass is 10.1. The van der Waals surface area contributed by atoms with E-state index >= 15 is 0 Å². The van der Waals surface area contributed by atoms with Gasteiger partial charge < -0.3 is 10.3 Å². The van der Waals surface area contributed by atoms with Crippen molar-refractivity contribution >= 4 is 22.8 Å². The van der Waals surface area contributed by atoms with Gasteiger partial charge in [-0.2, -0.15) is 5.10 Å². The summed E-state index contributed by atoms with van der Waals surface area (Å²) in [5, 5.41) is 7.53. The number of aryl methyl sites for hydroxylation is 2. The third-order valence-electron chi connectivity index (χ3n) is 4.96. The molecule has 3 aromatic rings. The molecule has 6 nitrogen and oxygen atoms in total. The third kappa shape index (κ3) is 3.16. The van der Waals surface area contributed by atoms with Crippen molar-refractivity contribution in [3.63, 3.8) is 0 Å². The van der Waals surface area contributed by atoms with Crippen molar-refractivity contribution in [2.45, 2.75) is 46.1 Å². The Balaban J connectivity index is 1.50. The molecule has 0 aliphatic heterocycles. The Bertz CT molecular complexity index is 935. The normalized spacial score (nSPS) is 15.5. The van der Waals surface area contributed by atoms with Gasteiger partial charge in [-0.25, -0.2) is 9.67 Å². The number of hydrogen-bond donors (Lipinski definition) is 2. The molecule has 130 valence electrons. The van der Waals surface area contributed by atoms with Crippen LogP contribution in [0.3, 0.4) is 0 Å². The van der Waals surface area contributed by atoms with E-state index in [0.29, 0.717) is 18.4 Å². The Hall–Kier alpha value is -2.63. The van der Waals surface area contributed by atoms with Gasteiger partial charge in [-0.3, -0.25) is 4.79 Å². The second kappa shape index (κ2) is 6.02. The minimum Gasteiger partial charge on any atom is -0.342 e. The van der Waals surface area contributed by atoms with E-state index in [9.17, 15) is 4.79 Å². The highest BCUT2D eigenvalue weighted by atomic mass is 16.1. The molecule has 0 radical (unpaired) electrons. The number of nitrogens with zero attached hydrogens (tertiary/aromatic N) is 3. The van der Waals surface area contributed by atoms with Crippen LogP contribution in [0.1, 0.15) is 42.8 Å². The first kappa shape index (κ1) is 15.9. The van der Waals surface area contributed by atoms with Gasteiger partial charge in [0.1, 0.15) is 11.6 Å². The van der Waals surface area contributed by atoms with Crippen molar-refractivity contribution in [3.8, 4) is 0 Å². The van der Waals surface area contributed by atoms with Gasteiger partial charge in [0.15, 0.2) is 0 Å². The highest BCUT2D eigenvalue weighted by Crippen LogP contribution is 2.40. The van der Waals surface area contributed by atoms with Crippen LogP contribution in [0.5, 0.6) is 0 Å². The first-order valence-electron chi connectivity index (χ1n) is 8.80. The van der Waals surface area contributed by atoms with E-state index in [1.54, 1.807) is 0 Å². The van der Waals surface area contributed by atoms with Crippen molar-refractivity contribution in [2.75, 3.05) is 5.32 Å². The lowest BCUT2D eigenvalue weighted by Crippen LogP contribution is -2.20. The topological polar surface area (TPSA) is 75.6 Å². The molecule has 25 heavy (non-hydrogen) atoms. The second-order valence-electron chi connectivity index (χ2n) is 7.10. The van der Waals surface area contributed by atoms with E-state index in [2.05, 4.69) is 27.3 Å². The number of carbonyl (C=O) groups excluding carboxylic acids is 1. The van der Waals surface area contributed by atoms with Gasteiger partial charge in [0.05, 0.1) is 29.7 Å². The van der Waals surface area contributed by atoms with Crippen LogP contribution in [-0.2, 0) is 11.2 Å². The van der Waals surface area contributed by atoms with E-state index < -0.39 is 0 Å². The summed E-state index contributed by atoms with van der Waals surface area (Å²) in [6.07, 6.45) is 4.65. The summed E-state index contributed by atoms with van der Waals surface area (Å²) >= 11 is 0. The number of imidazole rings is 1. The van der Waals surface area contributed by atoms with Crippen LogP contribution in [0.4, 0.5) is 5.82 Å². The SMILES string of the molecule is Cc1nc2ccc(CC(=O)Nc3c(C)cnn3[C@H](C)C3CC3)cc2[nH]1. The molecule has 1 fully saturated rings. The Morgan fingerprint density at radius 2 is 2.20 bits per heavy atom. The van der Waals surface area contributed by atoms with Gasteiger partial charge in [0.2, 0.25) is 5.91 Å². The molecule has 0 unspecified atom stereocenters. The number of benzene rings is 1. The Morgan fingerprint density at radius 1 is 1.40 bits per heavy atom. The van der Waals surface area contributed by atoms with Gasteiger partial charge in [-0.1, -0.05) is 6.07 Å². The first-order chi connectivity index (χ1) is 12.0. The Labute approximate surface area is 146 Å². The molecule has 4 rings (SSSR count). The number of fused-ring (bicyclic) bond motifs is 1. The zero-order valence-electron chi connectivity index (χ0n) is 14.8. The standard InChI is InChI=1S/C19H23N5O/c1-11-10-20-24(12(2)15-5-6-15)19(11)23-18(25)9-14-4-7-16-17(8-14)22-13(3)21-16/h4,7-8,10,12,15H,5-6,9H2,1-3H3,(H,21,22)(H,23,25)/t12-/m1/s1. The maximum Gasteiger partial charge on any atom is 0.229 e. The van der Waals surface area contributed by atoms with E-state index in [1.807, 2.05) is 42.9 Å². The average Bonchev–Trinajstić information content (AvgIpc) is 3.27. The zero-order valence-corrected chi connectivity index (χ0v) is 14.8. The number of rotatable bonds is 5. The molecule has 2 aromatic heterocycles. The lowest BCUT2D eigenvalue weighted by Gasteiger charge is -2.16. The molecule has 0 bridgehead atoms. The van der Waals surface area contributed by atoms with Crippen molar-refractivity contribution in [1.82, 2.24) is 19.7 Å². The predicted molar refractivity (Wildman–Crippen MR) is 97.6 cm³/mol. The molecule has 0 saturated heterocycles. The van der Waals surface area contributed by atoms with E-state index in [-0.39, 0.29) is 5.91 Å². The zero-order chi connectivity index (χ0) is 17.6. The van der Waals surface area contributed by atoms with Crippen LogP contribution >= 0.6 is 0 Å². The summed E-state index contributed by atoms with van der Waals surface area (Å²) in [6.45, 7) is 6.09. The number of aromatic amines is 1. The highest BCUT2D eigenvalue weighted by Gasteiger charge is 2.31. The molecular formula is C19H23N5O. The summed E-state index contributed by atoms with van der Waals surface area (Å²) in [5.74, 6) is 2.36. The van der Waals surface area contributed by atoms with E-state index in [0.717, 1.165) is 33.8 Å². The molecule has 1 aliphatic carbocycles. The number of nitrogens with one attached hydrogen (secondary N) is 2. The quantitative estimate of drug-likeness (QED) is 0.748. The summed E-state index contributed by atoms with van der Waals surface area (Å²) in [5.41, 5.74) is 3.85. The fourth-order valence-corrected chi connectivity index (χ4v) is 3.35. The molecule has 6 heteroatoms. The van der Waals surface area contributed by atoms with Crippen LogP contribution in [0, 0.1) is 19.8 Å². The fourth-order valence-electron chi connectivity index (χ4n) is 3.35. The smallest absolute Gasteiger partial charge is 0.229 e. The summed E-state index contributed by atoms with van der Waals surface area (Å²) in [7, 11) is 0. The molecule has 1 amide bonds. The van der Waals surface area contributed by atoms with Crippen LogP contribution < -0.4 is 5.32 Å².